The summed E-state index contributed by atoms with van der Waals surface area (Å²) in [5.74, 6) is -0.992. The summed E-state index contributed by atoms with van der Waals surface area (Å²) in [7, 11) is 0. The van der Waals surface area contributed by atoms with E-state index in [0.29, 0.717) is 5.56 Å². The summed E-state index contributed by atoms with van der Waals surface area (Å²) in [5, 5.41) is 8.96. The molecular weight excluding hydrogens is 302 g/mol. The Kier molecular flexibility index (Phi) is 4.65. The minimum absolute atomic E-state index is 0.0125. The van der Waals surface area contributed by atoms with Crippen molar-refractivity contribution in [1.29, 1.82) is 0 Å². The molecule has 4 nitrogen and oxygen atoms in total. The van der Waals surface area contributed by atoms with Crippen LogP contribution in [0.2, 0.25) is 0 Å². The average molecular weight is 323 g/mol. The van der Waals surface area contributed by atoms with Crippen LogP contribution in [0.25, 0.3) is 0 Å². The molecule has 1 unspecified atom stereocenters. The first-order valence-corrected chi connectivity index (χ1v) is 8.24. The van der Waals surface area contributed by atoms with E-state index in [9.17, 15) is 9.59 Å². The number of carboxylic acids is 1. The normalized spacial score (nSPS) is 17.0. The Morgan fingerprint density at radius 2 is 1.67 bits per heavy atom. The first-order chi connectivity index (χ1) is 11.5. The standard InChI is InChI=1S/C20H21NO3/c1-14-4-6-15(7-5-14)13-18-3-2-12-21(18)19(22)16-8-10-17(11-9-16)20(23)24/h4-11,18H,2-3,12-13H2,1H3,(H,23,24). The van der Waals surface area contributed by atoms with Crippen LogP contribution in [0.3, 0.4) is 0 Å². The Morgan fingerprint density at radius 3 is 2.29 bits per heavy atom. The molecule has 1 atom stereocenters. The average Bonchev–Trinajstić information content (AvgIpc) is 3.04. The third kappa shape index (κ3) is 3.48. The van der Waals surface area contributed by atoms with E-state index in [0.717, 1.165) is 25.8 Å². The summed E-state index contributed by atoms with van der Waals surface area (Å²) in [4.78, 5) is 25.6. The van der Waals surface area contributed by atoms with Crippen molar-refractivity contribution in [2.24, 2.45) is 0 Å². The van der Waals surface area contributed by atoms with E-state index in [2.05, 4.69) is 31.2 Å². The number of amides is 1. The van der Waals surface area contributed by atoms with E-state index in [-0.39, 0.29) is 17.5 Å². The molecule has 0 aromatic heterocycles. The Balaban J connectivity index is 1.73. The van der Waals surface area contributed by atoms with Crippen LogP contribution in [0.15, 0.2) is 48.5 Å². The number of hydrogen-bond acceptors (Lipinski definition) is 2. The molecule has 1 aliphatic rings. The molecule has 0 bridgehead atoms. The molecule has 1 amide bonds. The van der Waals surface area contributed by atoms with Gasteiger partial charge in [0.05, 0.1) is 5.56 Å². The predicted octanol–water partition coefficient (Wildman–Crippen LogP) is 3.54. The summed E-state index contributed by atoms with van der Waals surface area (Å²) in [6.45, 7) is 2.83. The first-order valence-electron chi connectivity index (χ1n) is 8.24. The van der Waals surface area contributed by atoms with Gasteiger partial charge in [0.1, 0.15) is 0 Å². The maximum Gasteiger partial charge on any atom is 0.335 e. The number of nitrogens with zero attached hydrogens (tertiary/aromatic N) is 1. The SMILES string of the molecule is Cc1ccc(CC2CCCN2C(=O)c2ccc(C(=O)O)cc2)cc1. The van der Waals surface area contributed by atoms with Gasteiger partial charge in [-0.15, -0.1) is 0 Å². The van der Waals surface area contributed by atoms with Gasteiger partial charge < -0.3 is 10.0 Å². The zero-order chi connectivity index (χ0) is 17.1. The van der Waals surface area contributed by atoms with Crippen LogP contribution in [0.4, 0.5) is 0 Å². The molecule has 24 heavy (non-hydrogen) atoms. The zero-order valence-corrected chi connectivity index (χ0v) is 13.7. The van der Waals surface area contributed by atoms with E-state index >= 15 is 0 Å². The van der Waals surface area contributed by atoms with Crippen molar-refractivity contribution in [2.75, 3.05) is 6.54 Å². The maximum atomic E-state index is 12.8. The third-order valence-corrected chi connectivity index (χ3v) is 4.61. The van der Waals surface area contributed by atoms with Gasteiger partial charge in [-0.1, -0.05) is 29.8 Å². The van der Waals surface area contributed by atoms with E-state index in [1.807, 2.05) is 4.90 Å². The maximum absolute atomic E-state index is 12.8. The van der Waals surface area contributed by atoms with Gasteiger partial charge in [0.2, 0.25) is 0 Å². The van der Waals surface area contributed by atoms with E-state index in [1.54, 1.807) is 12.1 Å². The smallest absolute Gasteiger partial charge is 0.335 e. The molecule has 124 valence electrons. The fourth-order valence-corrected chi connectivity index (χ4v) is 3.23. The van der Waals surface area contributed by atoms with Crippen LogP contribution in [0, 0.1) is 6.92 Å². The van der Waals surface area contributed by atoms with Gasteiger partial charge in [-0.2, -0.15) is 0 Å². The Morgan fingerprint density at radius 1 is 1.04 bits per heavy atom. The number of hydrogen-bond donors (Lipinski definition) is 1. The summed E-state index contributed by atoms with van der Waals surface area (Å²) in [5.41, 5.74) is 3.23. The largest absolute Gasteiger partial charge is 0.478 e. The number of aromatic carboxylic acids is 1. The highest BCUT2D eigenvalue weighted by molar-refractivity contribution is 5.96. The lowest BCUT2D eigenvalue weighted by Gasteiger charge is -2.25. The first kappa shape index (κ1) is 16.2. The second-order valence-corrected chi connectivity index (χ2v) is 6.37. The van der Waals surface area contributed by atoms with Gasteiger partial charge in [-0.05, 0) is 56.0 Å². The van der Waals surface area contributed by atoms with E-state index < -0.39 is 5.97 Å². The molecule has 1 aliphatic heterocycles. The lowest BCUT2D eigenvalue weighted by molar-refractivity contribution is 0.0692. The molecule has 4 heteroatoms. The second kappa shape index (κ2) is 6.87. The highest BCUT2D eigenvalue weighted by Crippen LogP contribution is 2.23. The molecule has 1 N–H and O–H groups in total. The number of benzene rings is 2. The van der Waals surface area contributed by atoms with Crippen LogP contribution >= 0.6 is 0 Å². The van der Waals surface area contributed by atoms with Gasteiger partial charge in [0.15, 0.2) is 0 Å². The molecule has 0 spiro atoms. The van der Waals surface area contributed by atoms with Crippen LogP contribution in [0.1, 0.15) is 44.7 Å². The highest BCUT2D eigenvalue weighted by Gasteiger charge is 2.29. The molecule has 1 heterocycles. The van der Waals surface area contributed by atoms with Crippen molar-refractivity contribution in [2.45, 2.75) is 32.2 Å². The van der Waals surface area contributed by atoms with Gasteiger partial charge in [0.25, 0.3) is 5.91 Å². The van der Waals surface area contributed by atoms with E-state index in [4.69, 9.17) is 5.11 Å². The Hall–Kier alpha value is -2.62. The topological polar surface area (TPSA) is 57.6 Å². The Labute approximate surface area is 141 Å². The minimum Gasteiger partial charge on any atom is -0.478 e. The monoisotopic (exact) mass is 323 g/mol. The fraction of sp³-hybridized carbons (Fsp3) is 0.300. The molecule has 3 rings (SSSR count). The van der Waals surface area contributed by atoms with Crippen LogP contribution in [0.5, 0.6) is 0 Å². The Bertz CT molecular complexity index is 734. The number of carbonyl (C=O) groups excluding carboxylic acids is 1. The van der Waals surface area contributed by atoms with Gasteiger partial charge in [-0.25, -0.2) is 4.79 Å². The molecular formula is C20H21NO3. The number of aryl methyl sites for hydroxylation is 1. The quantitative estimate of drug-likeness (QED) is 0.936. The second-order valence-electron chi connectivity index (χ2n) is 6.37. The predicted molar refractivity (Wildman–Crippen MR) is 92.3 cm³/mol. The molecule has 0 saturated carbocycles. The highest BCUT2D eigenvalue weighted by atomic mass is 16.4. The lowest BCUT2D eigenvalue weighted by Crippen LogP contribution is -2.36. The van der Waals surface area contributed by atoms with Gasteiger partial charge >= 0.3 is 5.97 Å². The molecule has 2 aromatic rings. The number of carbonyl (C=O) groups is 2. The molecule has 1 saturated heterocycles. The molecule has 1 fully saturated rings. The number of carboxylic acid groups (broad SMARTS) is 1. The molecule has 2 aromatic carbocycles. The molecule has 0 radical (unpaired) electrons. The van der Waals surface area contributed by atoms with Crippen molar-refractivity contribution in [3.05, 3.63) is 70.8 Å². The van der Waals surface area contributed by atoms with Crippen LogP contribution in [-0.4, -0.2) is 34.5 Å². The summed E-state index contributed by atoms with van der Waals surface area (Å²) in [6, 6.07) is 14.8. The van der Waals surface area contributed by atoms with Crippen LogP contribution < -0.4 is 0 Å². The van der Waals surface area contributed by atoms with Crippen molar-refractivity contribution < 1.29 is 14.7 Å². The van der Waals surface area contributed by atoms with Crippen molar-refractivity contribution >= 4 is 11.9 Å². The van der Waals surface area contributed by atoms with Crippen molar-refractivity contribution in [3.63, 3.8) is 0 Å². The van der Waals surface area contributed by atoms with Crippen LogP contribution in [-0.2, 0) is 6.42 Å². The number of likely N-dealkylation sites (tertiary alicyclic amines) is 1. The summed E-state index contributed by atoms with van der Waals surface area (Å²) in [6.07, 6.45) is 2.88. The fourth-order valence-electron chi connectivity index (χ4n) is 3.23. The third-order valence-electron chi connectivity index (χ3n) is 4.61. The van der Waals surface area contributed by atoms with E-state index in [1.165, 1.54) is 23.3 Å². The number of rotatable bonds is 4. The van der Waals surface area contributed by atoms with Crippen molar-refractivity contribution in [1.82, 2.24) is 4.90 Å². The summed E-state index contributed by atoms with van der Waals surface area (Å²) < 4.78 is 0. The van der Waals surface area contributed by atoms with Crippen molar-refractivity contribution in [3.8, 4) is 0 Å². The van der Waals surface area contributed by atoms with Gasteiger partial charge in [0, 0.05) is 18.2 Å². The van der Waals surface area contributed by atoms with Gasteiger partial charge in [-0.3, -0.25) is 4.79 Å². The lowest BCUT2D eigenvalue weighted by atomic mass is 10.0. The minimum atomic E-state index is -0.979. The molecule has 0 aliphatic carbocycles. The zero-order valence-electron chi connectivity index (χ0n) is 13.7. The summed E-state index contributed by atoms with van der Waals surface area (Å²) >= 11 is 0.